The van der Waals surface area contributed by atoms with E-state index in [1.54, 1.807) is 0 Å². The molecule has 1 aliphatic carbocycles. The normalized spacial score (nSPS) is 23.1. The minimum Gasteiger partial charge on any atom is -0.476 e. The van der Waals surface area contributed by atoms with Gasteiger partial charge in [-0.25, -0.2) is 36.5 Å². The number of aliphatic imine (C=N–C) groups is 1. The van der Waals surface area contributed by atoms with Crippen molar-refractivity contribution in [3.05, 3.63) is 53.2 Å². The van der Waals surface area contributed by atoms with Crippen LogP contribution in [-0.4, -0.2) is 48.1 Å². The summed E-state index contributed by atoms with van der Waals surface area (Å²) < 4.78 is 60.5. The van der Waals surface area contributed by atoms with Crippen LogP contribution in [0.1, 0.15) is 36.6 Å². The van der Waals surface area contributed by atoms with E-state index >= 15 is 0 Å². The fourth-order valence-electron chi connectivity index (χ4n) is 3.36. The van der Waals surface area contributed by atoms with Crippen molar-refractivity contribution < 1.29 is 21.9 Å². The third-order valence-corrected chi connectivity index (χ3v) is 7.41. The number of rotatable bonds is 6. The van der Waals surface area contributed by atoms with Gasteiger partial charge >= 0.3 is 0 Å². The van der Waals surface area contributed by atoms with Gasteiger partial charge in [0.2, 0.25) is 21.9 Å². The number of guanidine groups is 1. The van der Waals surface area contributed by atoms with Gasteiger partial charge in [0.15, 0.2) is 5.83 Å². The average molecular weight is 464 g/mol. The molecular formula is C21H23F2N5O3S. The number of nitrogens with two attached hydrogens (primary N) is 1. The first kappa shape index (κ1) is 22.1. The Bertz CT molecular complexity index is 1200. The SMILES string of the molecule is CN1C(N)=N[C@](C)(c2cc(/C=C(\F)c3cnc(OCC4CC4)cn3)ccc2F)CS1(=O)=O. The van der Waals surface area contributed by atoms with Gasteiger partial charge in [0, 0.05) is 12.6 Å². The summed E-state index contributed by atoms with van der Waals surface area (Å²) in [6.45, 7) is 2.04. The number of sulfonamides is 1. The van der Waals surface area contributed by atoms with Crippen molar-refractivity contribution in [3.8, 4) is 5.88 Å². The van der Waals surface area contributed by atoms with E-state index in [2.05, 4.69) is 15.0 Å². The molecule has 1 atom stereocenters. The number of hydrogen-bond donors (Lipinski definition) is 1. The molecule has 0 unspecified atom stereocenters. The maximum absolute atomic E-state index is 14.8. The summed E-state index contributed by atoms with van der Waals surface area (Å²) in [6, 6.07) is 3.86. The molecule has 2 N–H and O–H groups in total. The first-order valence-electron chi connectivity index (χ1n) is 10.0. The van der Waals surface area contributed by atoms with Crippen LogP contribution in [0.2, 0.25) is 0 Å². The van der Waals surface area contributed by atoms with Crippen LogP contribution in [0.4, 0.5) is 8.78 Å². The summed E-state index contributed by atoms with van der Waals surface area (Å²) in [5.74, 6) is -1.19. The molecule has 4 rings (SSSR count). The zero-order valence-electron chi connectivity index (χ0n) is 17.6. The van der Waals surface area contributed by atoms with Crippen molar-refractivity contribution in [2.24, 2.45) is 16.6 Å². The fourth-order valence-corrected chi connectivity index (χ4v) is 4.81. The monoisotopic (exact) mass is 463 g/mol. The van der Waals surface area contributed by atoms with E-state index in [-0.39, 0.29) is 17.2 Å². The van der Waals surface area contributed by atoms with Gasteiger partial charge in [-0.05, 0) is 49.5 Å². The minimum absolute atomic E-state index is 0.00594. The van der Waals surface area contributed by atoms with Crippen LogP contribution < -0.4 is 10.5 Å². The molecule has 1 aliphatic heterocycles. The summed E-state index contributed by atoms with van der Waals surface area (Å²) in [6.07, 6.45) is 6.05. The van der Waals surface area contributed by atoms with Gasteiger partial charge < -0.3 is 10.5 Å². The zero-order chi connectivity index (χ0) is 23.1. The van der Waals surface area contributed by atoms with Crippen LogP contribution in [0, 0.1) is 11.7 Å². The lowest BCUT2D eigenvalue weighted by atomic mass is 9.92. The molecule has 1 aromatic heterocycles. The molecule has 1 saturated carbocycles. The lowest BCUT2D eigenvalue weighted by Crippen LogP contribution is -2.50. The van der Waals surface area contributed by atoms with Gasteiger partial charge in [0.25, 0.3) is 0 Å². The molecule has 170 valence electrons. The highest BCUT2D eigenvalue weighted by Gasteiger charge is 2.41. The molecule has 0 bridgehead atoms. The maximum Gasteiger partial charge on any atom is 0.239 e. The topological polar surface area (TPSA) is 111 Å². The summed E-state index contributed by atoms with van der Waals surface area (Å²) in [5.41, 5.74) is 4.58. The van der Waals surface area contributed by atoms with Crippen LogP contribution in [-0.2, 0) is 15.6 Å². The highest BCUT2D eigenvalue weighted by Crippen LogP contribution is 2.34. The summed E-state index contributed by atoms with van der Waals surface area (Å²) in [7, 11) is -2.50. The maximum atomic E-state index is 14.8. The van der Waals surface area contributed by atoms with Gasteiger partial charge in [0.1, 0.15) is 17.1 Å². The molecule has 0 amide bonds. The minimum atomic E-state index is -3.78. The molecule has 0 saturated heterocycles. The van der Waals surface area contributed by atoms with Crippen molar-refractivity contribution in [2.45, 2.75) is 25.3 Å². The Hall–Kier alpha value is -3.08. The Balaban J connectivity index is 1.60. The highest BCUT2D eigenvalue weighted by atomic mass is 32.2. The van der Waals surface area contributed by atoms with Crippen LogP contribution >= 0.6 is 0 Å². The van der Waals surface area contributed by atoms with Crippen molar-refractivity contribution in [3.63, 3.8) is 0 Å². The Morgan fingerprint density at radius 3 is 2.72 bits per heavy atom. The zero-order valence-corrected chi connectivity index (χ0v) is 18.4. The second kappa shape index (κ2) is 8.12. The van der Waals surface area contributed by atoms with E-state index in [9.17, 15) is 17.2 Å². The van der Waals surface area contributed by atoms with Crippen molar-refractivity contribution >= 4 is 27.9 Å². The van der Waals surface area contributed by atoms with E-state index in [0.29, 0.717) is 24.0 Å². The Labute approximate surface area is 184 Å². The number of halogens is 2. The molecule has 32 heavy (non-hydrogen) atoms. The van der Waals surface area contributed by atoms with Crippen molar-refractivity contribution in [1.29, 1.82) is 0 Å². The Kier molecular flexibility index (Phi) is 5.61. The lowest BCUT2D eigenvalue weighted by Gasteiger charge is -2.34. The lowest BCUT2D eigenvalue weighted by molar-refractivity contribution is 0.287. The summed E-state index contributed by atoms with van der Waals surface area (Å²) in [5, 5.41) is 0. The molecule has 0 radical (unpaired) electrons. The molecule has 2 heterocycles. The van der Waals surface area contributed by atoms with E-state index < -0.39 is 33.0 Å². The Morgan fingerprint density at radius 1 is 1.34 bits per heavy atom. The number of ether oxygens (including phenoxy) is 1. The predicted octanol–water partition coefficient (Wildman–Crippen LogP) is 2.68. The largest absolute Gasteiger partial charge is 0.476 e. The highest BCUT2D eigenvalue weighted by molar-refractivity contribution is 7.89. The van der Waals surface area contributed by atoms with Gasteiger partial charge in [-0.1, -0.05) is 6.07 Å². The van der Waals surface area contributed by atoms with E-state index in [1.807, 2.05) is 0 Å². The molecule has 0 spiro atoms. The first-order chi connectivity index (χ1) is 15.1. The van der Waals surface area contributed by atoms with E-state index in [4.69, 9.17) is 10.5 Å². The predicted molar refractivity (Wildman–Crippen MR) is 116 cm³/mol. The van der Waals surface area contributed by atoms with E-state index in [1.165, 1.54) is 38.5 Å². The molecular weight excluding hydrogens is 440 g/mol. The quantitative estimate of drug-likeness (QED) is 0.705. The molecule has 1 fully saturated rings. The van der Waals surface area contributed by atoms with E-state index in [0.717, 1.165) is 29.3 Å². The molecule has 2 aromatic rings. The van der Waals surface area contributed by atoms with Crippen LogP contribution in [0.25, 0.3) is 11.9 Å². The van der Waals surface area contributed by atoms with Crippen LogP contribution in [0.5, 0.6) is 5.88 Å². The smallest absolute Gasteiger partial charge is 0.239 e. The average Bonchev–Trinajstić information content (AvgIpc) is 3.56. The third kappa shape index (κ3) is 4.57. The van der Waals surface area contributed by atoms with Crippen molar-refractivity contribution in [2.75, 3.05) is 19.4 Å². The molecule has 11 heteroatoms. The van der Waals surface area contributed by atoms with Crippen LogP contribution in [0.3, 0.4) is 0 Å². The molecule has 1 aromatic carbocycles. The summed E-state index contributed by atoms with van der Waals surface area (Å²) in [4.78, 5) is 12.3. The van der Waals surface area contributed by atoms with Gasteiger partial charge in [0.05, 0.1) is 24.8 Å². The molecule has 8 nitrogen and oxygen atoms in total. The number of benzene rings is 1. The number of hydrogen-bond acceptors (Lipinski definition) is 7. The third-order valence-electron chi connectivity index (χ3n) is 5.47. The van der Waals surface area contributed by atoms with Gasteiger partial charge in [-0.3, -0.25) is 0 Å². The molecule has 2 aliphatic rings. The second-order valence-corrected chi connectivity index (χ2v) is 10.2. The standard InChI is InChI=1S/C21H23F2N5O3S/c1-21(12-32(29,30)28(2)20(24)27-21)15-7-14(5-6-16(15)22)8-17(23)18-9-26-19(10-25-18)31-11-13-3-4-13/h5-10,13H,3-4,11-12H2,1-2H3,(H2,24,27)/b17-8-/t21-/m0/s1. The van der Waals surface area contributed by atoms with Gasteiger partial charge in [-0.15, -0.1) is 0 Å². The van der Waals surface area contributed by atoms with Crippen LogP contribution in [0.15, 0.2) is 35.6 Å². The summed E-state index contributed by atoms with van der Waals surface area (Å²) >= 11 is 0. The Morgan fingerprint density at radius 2 is 2.09 bits per heavy atom. The number of aromatic nitrogens is 2. The second-order valence-electron chi connectivity index (χ2n) is 8.19. The van der Waals surface area contributed by atoms with Crippen molar-refractivity contribution in [1.82, 2.24) is 14.3 Å². The fraction of sp³-hybridized carbons (Fsp3) is 0.381. The first-order valence-corrected chi connectivity index (χ1v) is 11.6. The van der Waals surface area contributed by atoms with Gasteiger partial charge in [-0.2, -0.15) is 0 Å². The number of nitrogens with zero attached hydrogens (tertiary/aromatic N) is 4.